The van der Waals surface area contributed by atoms with Crippen molar-refractivity contribution in [2.75, 3.05) is 7.11 Å². The van der Waals surface area contributed by atoms with E-state index in [1.165, 1.54) is 11.3 Å². The van der Waals surface area contributed by atoms with Crippen molar-refractivity contribution in [2.24, 2.45) is 7.05 Å². The third kappa shape index (κ3) is 2.40. The van der Waals surface area contributed by atoms with E-state index in [2.05, 4.69) is 36.3 Å². The first kappa shape index (κ1) is 15.6. The van der Waals surface area contributed by atoms with Crippen LogP contribution in [0.25, 0.3) is 27.1 Å². The van der Waals surface area contributed by atoms with Crippen molar-refractivity contribution in [1.29, 1.82) is 0 Å². The summed E-state index contributed by atoms with van der Waals surface area (Å²) in [6, 6.07) is 5.35. The van der Waals surface area contributed by atoms with Gasteiger partial charge in [0.15, 0.2) is 10.8 Å². The van der Waals surface area contributed by atoms with E-state index in [-0.39, 0.29) is 0 Å². The molecule has 0 radical (unpaired) electrons. The van der Waals surface area contributed by atoms with Crippen LogP contribution < -0.4 is 4.74 Å². The number of rotatable bonds is 3. The highest BCUT2D eigenvalue weighted by atomic mass is 79.9. The van der Waals surface area contributed by atoms with E-state index in [9.17, 15) is 0 Å². The maximum Gasteiger partial charge on any atom is 0.235 e. The van der Waals surface area contributed by atoms with Gasteiger partial charge in [0.05, 0.1) is 23.3 Å². The summed E-state index contributed by atoms with van der Waals surface area (Å²) in [6.45, 7) is 0. The highest BCUT2D eigenvalue weighted by molar-refractivity contribution is 9.10. The number of hydrogen-bond donors (Lipinski definition) is 0. The topological polar surface area (TPSA) is 70.1 Å². The number of aryl methyl sites for hydroxylation is 1. The summed E-state index contributed by atoms with van der Waals surface area (Å²) in [4.78, 5) is 0.676. The third-order valence-corrected chi connectivity index (χ3v) is 5.21. The predicted octanol–water partition coefficient (Wildman–Crippen LogP) is 3.68. The van der Waals surface area contributed by atoms with Crippen molar-refractivity contribution >= 4 is 43.8 Å². The van der Waals surface area contributed by atoms with Crippen molar-refractivity contribution in [3.8, 4) is 27.8 Å². The summed E-state index contributed by atoms with van der Waals surface area (Å²) < 4.78 is 9.72. The largest absolute Gasteiger partial charge is 0.496 e. The minimum absolute atomic E-state index is 0.574. The zero-order valence-corrected chi connectivity index (χ0v) is 15.7. The van der Waals surface area contributed by atoms with Crippen molar-refractivity contribution in [3.05, 3.63) is 33.9 Å². The van der Waals surface area contributed by atoms with Gasteiger partial charge in [-0.1, -0.05) is 22.9 Å². The number of hydrogen-bond acceptors (Lipinski definition) is 6. The SMILES string of the molecule is COc1ccc(Cl)cc1-c1nnc2sc(-c3c(Br)cnn3C)nn12. The quantitative estimate of drug-likeness (QED) is 0.501. The summed E-state index contributed by atoms with van der Waals surface area (Å²) in [5.41, 5.74) is 1.62. The zero-order chi connectivity index (χ0) is 16.8. The molecule has 0 N–H and O–H groups in total. The Hall–Kier alpha value is -1.97. The first-order valence-corrected chi connectivity index (χ1v) is 8.81. The van der Waals surface area contributed by atoms with Crippen molar-refractivity contribution in [2.45, 2.75) is 0 Å². The van der Waals surface area contributed by atoms with Crippen LogP contribution in [0.4, 0.5) is 0 Å². The maximum atomic E-state index is 6.12. The molecule has 0 unspecified atom stereocenters. The fraction of sp³-hybridized carbons (Fsp3) is 0.143. The summed E-state index contributed by atoms with van der Waals surface area (Å²) in [7, 11) is 3.47. The molecule has 0 saturated carbocycles. The normalized spacial score (nSPS) is 11.3. The molecule has 0 aliphatic heterocycles. The van der Waals surface area contributed by atoms with Gasteiger partial charge >= 0.3 is 0 Å². The van der Waals surface area contributed by atoms with E-state index >= 15 is 0 Å². The van der Waals surface area contributed by atoms with E-state index in [0.29, 0.717) is 21.6 Å². The van der Waals surface area contributed by atoms with Crippen LogP contribution in [0.1, 0.15) is 0 Å². The van der Waals surface area contributed by atoms with E-state index in [1.807, 2.05) is 7.05 Å². The van der Waals surface area contributed by atoms with Gasteiger partial charge < -0.3 is 4.74 Å². The molecule has 0 spiro atoms. The first-order valence-electron chi connectivity index (χ1n) is 6.82. The molecule has 3 aromatic heterocycles. The number of fused-ring (bicyclic) bond motifs is 1. The number of methoxy groups -OCH3 is 1. The molecule has 10 heteroatoms. The molecular weight excluding hydrogens is 416 g/mol. The summed E-state index contributed by atoms with van der Waals surface area (Å²) in [5.74, 6) is 1.23. The second-order valence-corrected chi connectivity index (χ2v) is 7.18. The number of halogens is 2. The standard InChI is InChI=1S/C14H10BrClN6OS/c1-21-11(9(15)6-17-21)13-20-22-12(18-19-14(22)24-13)8-5-7(16)3-4-10(8)23-2/h3-6H,1-2H3. The Balaban J connectivity index is 1.92. The van der Waals surface area contributed by atoms with Crippen LogP contribution in [0.5, 0.6) is 5.75 Å². The molecule has 0 aliphatic rings. The first-order chi connectivity index (χ1) is 11.6. The van der Waals surface area contributed by atoms with Crippen LogP contribution in [0.3, 0.4) is 0 Å². The number of benzene rings is 1. The molecule has 0 aliphatic carbocycles. The van der Waals surface area contributed by atoms with Gasteiger partial charge in [-0.15, -0.1) is 10.2 Å². The van der Waals surface area contributed by atoms with Crippen LogP contribution in [0.2, 0.25) is 5.02 Å². The average Bonchev–Trinajstić information content (AvgIpc) is 3.21. The molecule has 0 atom stereocenters. The highest BCUT2D eigenvalue weighted by Crippen LogP contribution is 2.35. The molecule has 0 amide bonds. The van der Waals surface area contributed by atoms with Gasteiger partial charge in [-0.3, -0.25) is 4.68 Å². The Kier molecular flexibility index (Phi) is 3.78. The van der Waals surface area contributed by atoms with Gasteiger partial charge in [-0.2, -0.15) is 14.7 Å². The van der Waals surface area contributed by atoms with Crippen molar-refractivity contribution in [3.63, 3.8) is 0 Å². The van der Waals surface area contributed by atoms with E-state index in [1.54, 1.807) is 40.7 Å². The maximum absolute atomic E-state index is 6.12. The minimum atomic E-state index is 0.574. The van der Waals surface area contributed by atoms with Gasteiger partial charge in [0, 0.05) is 12.1 Å². The van der Waals surface area contributed by atoms with Crippen molar-refractivity contribution in [1.82, 2.24) is 29.6 Å². The van der Waals surface area contributed by atoms with E-state index < -0.39 is 0 Å². The summed E-state index contributed by atoms with van der Waals surface area (Å²) in [6.07, 6.45) is 1.73. The molecule has 0 bridgehead atoms. The molecule has 1 aromatic carbocycles. The Morgan fingerprint density at radius 3 is 2.83 bits per heavy atom. The summed E-state index contributed by atoms with van der Waals surface area (Å²) in [5, 5.41) is 18.7. The third-order valence-electron chi connectivity index (χ3n) is 3.49. The fourth-order valence-electron chi connectivity index (χ4n) is 2.39. The Morgan fingerprint density at radius 2 is 2.12 bits per heavy atom. The monoisotopic (exact) mass is 424 g/mol. The highest BCUT2D eigenvalue weighted by Gasteiger charge is 2.20. The van der Waals surface area contributed by atoms with Crippen LogP contribution in [-0.2, 0) is 7.05 Å². The summed E-state index contributed by atoms with van der Waals surface area (Å²) >= 11 is 11.0. The van der Waals surface area contributed by atoms with E-state index in [4.69, 9.17) is 16.3 Å². The molecule has 24 heavy (non-hydrogen) atoms. The van der Waals surface area contributed by atoms with Crippen LogP contribution in [-0.4, -0.2) is 36.7 Å². The lowest BCUT2D eigenvalue weighted by Crippen LogP contribution is -1.97. The fourth-order valence-corrected chi connectivity index (χ4v) is 4.16. The Morgan fingerprint density at radius 1 is 1.29 bits per heavy atom. The molecule has 7 nitrogen and oxygen atoms in total. The molecule has 122 valence electrons. The molecule has 0 saturated heterocycles. The minimum Gasteiger partial charge on any atom is -0.496 e. The smallest absolute Gasteiger partial charge is 0.235 e. The van der Waals surface area contributed by atoms with Crippen LogP contribution in [0.15, 0.2) is 28.9 Å². The van der Waals surface area contributed by atoms with Gasteiger partial charge in [-0.25, -0.2) is 0 Å². The number of nitrogens with zero attached hydrogens (tertiary/aromatic N) is 6. The molecular formula is C14H10BrClN6OS. The van der Waals surface area contributed by atoms with Gasteiger partial charge in [0.25, 0.3) is 0 Å². The Labute approximate surface area is 154 Å². The van der Waals surface area contributed by atoms with Gasteiger partial charge in [0.1, 0.15) is 11.4 Å². The number of ether oxygens (including phenoxy) is 1. The van der Waals surface area contributed by atoms with Gasteiger partial charge in [0.2, 0.25) is 4.96 Å². The lowest BCUT2D eigenvalue weighted by Gasteiger charge is -2.06. The predicted molar refractivity (Wildman–Crippen MR) is 95.6 cm³/mol. The van der Waals surface area contributed by atoms with Crippen molar-refractivity contribution < 1.29 is 4.74 Å². The second kappa shape index (κ2) is 5.83. The number of aromatic nitrogens is 6. The molecule has 4 rings (SSSR count). The van der Waals surface area contributed by atoms with Gasteiger partial charge in [-0.05, 0) is 34.1 Å². The molecule has 3 heterocycles. The molecule has 0 fully saturated rings. The van der Waals surface area contributed by atoms with Crippen LogP contribution >= 0.6 is 38.9 Å². The second-order valence-electron chi connectivity index (χ2n) is 4.93. The Bertz CT molecular complexity index is 1040. The lowest BCUT2D eigenvalue weighted by molar-refractivity contribution is 0.416. The average molecular weight is 426 g/mol. The lowest BCUT2D eigenvalue weighted by atomic mass is 10.2. The van der Waals surface area contributed by atoms with Crippen LogP contribution in [0, 0.1) is 0 Å². The molecule has 4 aromatic rings. The zero-order valence-electron chi connectivity index (χ0n) is 12.6. The van der Waals surface area contributed by atoms with E-state index in [0.717, 1.165) is 20.7 Å².